The first kappa shape index (κ1) is 13.2. The molecule has 0 bridgehead atoms. The van der Waals surface area contributed by atoms with E-state index in [0.29, 0.717) is 23.7 Å². The third-order valence-electron chi connectivity index (χ3n) is 3.21. The molecule has 21 heavy (non-hydrogen) atoms. The second-order valence-corrected chi connectivity index (χ2v) is 4.65. The van der Waals surface area contributed by atoms with Gasteiger partial charge in [-0.05, 0) is 31.2 Å². The molecule has 0 aliphatic carbocycles. The minimum absolute atomic E-state index is 0.182. The minimum Gasteiger partial charge on any atom is -0.492 e. The van der Waals surface area contributed by atoms with Gasteiger partial charge in [0.05, 0.1) is 12.3 Å². The van der Waals surface area contributed by atoms with Crippen molar-refractivity contribution < 1.29 is 9.53 Å². The molecule has 1 heterocycles. The normalized spacial score (nSPS) is 10.5. The molecular formula is C17H16N2O2. The fourth-order valence-corrected chi connectivity index (χ4v) is 2.24. The Labute approximate surface area is 122 Å². The van der Waals surface area contributed by atoms with Crippen molar-refractivity contribution in [2.75, 3.05) is 11.9 Å². The molecule has 0 aliphatic rings. The Bertz CT molecular complexity index is 744. The number of amides is 1. The van der Waals surface area contributed by atoms with E-state index in [9.17, 15) is 4.79 Å². The standard InChI is InChI=1S/C17H16N2O2/c1-2-21-16-10-6-5-9-14(16)19-17(20)15-11-12-7-3-4-8-13(12)18-15/h3-11,18H,2H2,1H3,(H,19,20). The number of carbonyl (C=O) groups excluding carboxylic acids is 1. The molecule has 3 aromatic rings. The Morgan fingerprint density at radius 3 is 2.71 bits per heavy atom. The van der Waals surface area contributed by atoms with Crippen LogP contribution in [0.25, 0.3) is 10.9 Å². The molecule has 0 aliphatic heterocycles. The van der Waals surface area contributed by atoms with Crippen LogP contribution >= 0.6 is 0 Å². The summed E-state index contributed by atoms with van der Waals surface area (Å²) in [5, 5.41) is 3.89. The monoisotopic (exact) mass is 280 g/mol. The van der Waals surface area contributed by atoms with Gasteiger partial charge in [0.15, 0.2) is 0 Å². The van der Waals surface area contributed by atoms with Gasteiger partial charge in [0, 0.05) is 10.9 Å². The van der Waals surface area contributed by atoms with Crippen LogP contribution in [0.5, 0.6) is 5.75 Å². The van der Waals surface area contributed by atoms with Crippen LogP contribution < -0.4 is 10.1 Å². The van der Waals surface area contributed by atoms with E-state index in [2.05, 4.69) is 10.3 Å². The lowest BCUT2D eigenvalue weighted by atomic mass is 10.2. The number of hydrogen-bond donors (Lipinski definition) is 2. The third kappa shape index (κ3) is 2.74. The Balaban J connectivity index is 1.86. The largest absolute Gasteiger partial charge is 0.492 e. The highest BCUT2D eigenvalue weighted by Gasteiger charge is 2.11. The SMILES string of the molecule is CCOc1ccccc1NC(=O)c1cc2ccccc2[nH]1. The van der Waals surface area contributed by atoms with Crippen LogP contribution in [0.4, 0.5) is 5.69 Å². The van der Waals surface area contributed by atoms with Gasteiger partial charge in [0.2, 0.25) is 0 Å². The van der Waals surface area contributed by atoms with Gasteiger partial charge in [-0.15, -0.1) is 0 Å². The van der Waals surface area contributed by atoms with E-state index >= 15 is 0 Å². The van der Waals surface area contributed by atoms with E-state index in [0.717, 1.165) is 10.9 Å². The van der Waals surface area contributed by atoms with Gasteiger partial charge in [-0.25, -0.2) is 0 Å². The maximum Gasteiger partial charge on any atom is 0.272 e. The third-order valence-corrected chi connectivity index (χ3v) is 3.21. The molecule has 0 saturated heterocycles. The highest BCUT2D eigenvalue weighted by molar-refractivity contribution is 6.06. The summed E-state index contributed by atoms with van der Waals surface area (Å²) >= 11 is 0. The van der Waals surface area contributed by atoms with E-state index in [1.165, 1.54) is 0 Å². The lowest BCUT2D eigenvalue weighted by Crippen LogP contribution is -2.13. The lowest BCUT2D eigenvalue weighted by Gasteiger charge is -2.10. The number of benzene rings is 2. The van der Waals surface area contributed by atoms with E-state index in [1.807, 2.05) is 61.5 Å². The van der Waals surface area contributed by atoms with Crippen molar-refractivity contribution in [1.82, 2.24) is 4.98 Å². The molecule has 0 atom stereocenters. The quantitative estimate of drug-likeness (QED) is 0.763. The molecule has 0 saturated carbocycles. The van der Waals surface area contributed by atoms with Gasteiger partial charge in [-0.1, -0.05) is 30.3 Å². The number of hydrogen-bond acceptors (Lipinski definition) is 2. The molecule has 0 unspecified atom stereocenters. The van der Waals surface area contributed by atoms with Crippen LogP contribution in [0.2, 0.25) is 0 Å². The summed E-state index contributed by atoms with van der Waals surface area (Å²) in [5.41, 5.74) is 2.14. The first-order valence-electron chi connectivity index (χ1n) is 6.89. The fraction of sp³-hybridized carbons (Fsp3) is 0.118. The molecule has 0 spiro atoms. The average Bonchev–Trinajstić information content (AvgIpc) is 2.93. The zero-order chi connectivity index (χ0) is 14.7. The summed E-state index contributed by atoms with van der Waals surface area (Å²) in [7, 11) is 0. The number of rotatable bonds is 4. The van der Waals surface area contributed by atoms with Gasteiger partial charge >= 0.3 is 0 Å². The zero-order valence-corrected chi connectivity index (χ0v) is 11.7. The topological polar surface area (TPSA) is 54.1 Å². The van der Waals surface area contributed by atoms with Gasteiger partial charge in [-0.3, -0.25) is 4.79 Å². The number of carbonyl (C=O) groups is 1. The molecule has 1 aromatic heterocycles. The Kier molecular flexibility index (Phi) is 3.60. The van der Waals surface area contributed by atoms with Crippen molar-refractivity contribution in [2.45, 2.75) is 6.92 Å². The van der Waals surface area contributed by atoms with Crippen LogP contribution in [0.3, 0.4) is 0 Å². The van der Waals surface area contributed by atoms with Crippen LogP contribution in [-0.2, 0) is 0 Å². The number of aromatic nitrogens is 1. The molecule has 2 N–H and O–H groups in total. The molecule has 0 fully saturated rings. The summed E-state index contributed by atoms with van der Waals surface area (Å²) in [6.07, 6.45) is 0. The summed E-state index contributed by atoms with van der Waals surface area (Å²) in [5.74, 6) is 0.489. The summed E-state index contributed by atoms with van der Waals surface area (Å²) in [6, 6.07) is 17.0. The van der Waals surface area contributed by atoms with Crippen molar-refractivity contribution in [1.29, 1.82) is 0 Å². The summed E-state index contributed by atoms with van der Waals surface area (Å²) in [4.78, 5) is 15.5. The average molecular weight is 280 g/mol. The fourth-order valence-electron chi connectivity index (χ4n) is 2.24. The van der Waals surface area contributed by atoms with Gasteiger partial charge in [-0.2, -0.15) is 0 Å². The first-order valence-corrected chi connectivity index (χ1v) is 6.89. The van der Waals surface area contributed by atoms with Gasteiger partial charge < -0.3 is 15.0 Å². The number of para-hydroxylation sites is 3. The molecule has 3 rings (SSSR count). The van der Waals surface area contributed by atoms with Gasteiger partial charge in [0.25, 0.3) is 5.91 Å². The second kappa shape index (κ2) is 5.71. The van der Waals surface area contributed by atoms with Crippen molar-refractivity contribution in [3.8, 4) is 5.75 Å². The number of fused-ring (bicyclic) bond motifs is 1. The lowest BCUT2D eigenvalue weighted by molar-refractivity contribution is 0.102. The highest BCUT2D eigenvalue weighted by Crippen LogP contribution is 2.24. The maximum absolute atomic E-state index is 12.3. The molecule has 4 nitrogen and oxygen atoms in total. The minimum atomic E-state index is -0.182. The van der Waals surface area contributed by atoms with E-state index < -0.39 is 0 Å². The smallest absolute Gasteiger partial charge is 0.272 e. The zero-order valence-electron chi connectivity index (χ0n) is 11.7. The number of H-pyrrole nitrogens is 1. The van der Waals surface area contributed by atoms with E-state index in [-0.39, 0.29) is 5.91 Å². The molecule has 2 aromatic carbocycles. The van der Waals surface area contributed by atoms with Crippen molar-refractivity contribution >= 4 is 22.5 Å². The molecular weight excluding hydrogens is 264 g/mol. The summed E-state index contributed by atoms with van der Waals surface area (Å²) in [6.45, 7) is 2.47. The van der Waals surface area contributed by atoms with Crippen molar-refractivity contribution in [2.24, 2.45) is 0 Å². The Morgan fingerprint density at radius 2 is 1.90 bits per heavy atom. The number of ether oxygens (including phenoxy) is 1. The molecule has 106 valence electrons. The molecule has 4 heteroatoms. The van der Waals surface area contributed by atoms with Crippen LogP contribution in [0, 0.1) is 0 Å². The van der Waals surface area contributed by atoms with Crippen molar-refractivity contribution in [3.05, 3.63) is 60.3 Å². The molecule has 1 amide bonds. The predicted octanol–water partition coefficient (Wildman–Crippen LogP) is 3.82. The van der Waals surface area contributed by atoms with E-state index in [4.69, 9.17) is 4.74 Å². The Hall–Kier alpha value is -2.75. The number of aromatic amines is 1. The number of anilines is 1. The van der Waals surface area contributed by atoms with Crippen molar-refractivity contribution in [3.63, 3.8) is 0 Å². The van der Waals surface area contributed by atoms with E-state index in [1.54, 1.807) is 0 Å². The van der Waals surface area contributed by atoms with Crippen LogP contribution in [-0.4, -0.2) is 17.5 Å². The molecule has 0 radical (unpaired) electrons. The maximum atomic E-state index is 12.3. The number of nitrogens with one attached hydrogen (secondary N) is 2. The van der Waals surface area contributed by atoms with Crippen LogP contribution in [0.1, 0.15) is 17.4 Å². The predicted molar refractivity (Wildman–Crippen MR) is 83.9 cm³/mol. The van der Waals surface area contributed by atoms with Crippen LogP contribution in [0.15, 0.2) is 54.6 Å². The summed E-state index contributed by atoms with van der Waals surface area (Å²) < 4.78 is 5.51. The Morgan fingerprint density at radius 1 is 1.14 bits per heavy atom. The highest BCUT2D eigenvalue weighted by atomic mass is 16.5. The van der Waals surface area contributed by atoms with Gasteiger partial charge in [0.1, 0.15) is 11.4 Å². The second-order valence-electron chi connectivity index (χ2n) is 4.65. The first-order chi connectivity index (χ1) is 10.3.